The number of ether oxygens (including phenoxy) is 1. The van der Waals surface area contributed by atoms with E-state index in [9.17, 15) is 19.2 Å². The summed E-state index contributed by atoms with van der Waals surface area (Å²) in [6, 6.07) is 0. The molecule has 24 heavy (non-hydrogen) atoms. The second-order valence-corrected chi connectivity index (χ2v) is 6.65. The molecule has 0 saturated carbocycles. The molecule has 9 nitrogen and oxygen atoms in total. The molecule has 2 aliphatic heterocycles. The van der Waals surface area contributed by atoms with Crippen molar-refractivity contribution in [2.45, 2.75) is 13.0 Å². The van der Waals surface area contributed by atoms with E-state index in [1.54, 1.807) is 4.90 Å². The molecule has 0 aliphatic carbocycles. The quantitative estimate of drug-likeness (QED) is 0.627. The van der Waals surface area contributed by atoms with Crippen LogP contribution < -0.4 is 0 Å². The van der Waals surface area contributed by atoms with E-state index in [0.29, 0.717) is 24.8 Å². The summed E-state index contributed by atoms with van der Waals surface area (Å²) in [4.78, 5) is 50.6. The fraction of sp³-hybridized carbons (Fsp3) is 0.714. The highest BCUT2D eigenvalue weighted by atomic mass is 32.2. The largest absolute Gasteiger partial charge is 0.480 e. The fourth-order valence-electron chi connectivity index (χ4n) is 2.57. The Morgan fingerprint density at radius 2 is 2.17 bits per heavy atom. The number of carboxylic acid groups (broad SMARTS) is 1. The van der Waals surface area contributed by atoms with E-state index in [2.05, 4.69) is 0 Å². The molecule has 1 atom stereocenters. The zero-order valence-corrected chi connectivity index (χ0v) is 14.3. The summed E-state index contributed by atoms with van der Waals surface area (Å²) in [5, 5.41) is 8.85. The van der Waals surface area contributed by atoms with Crippen LogP contribution in [0.3, 0.4) is 0 Å². The number of hydrogen-bond acceptors (Lipinski definition) is 6. The zero-order valence-electron chi connectivity index (χ0n) is 13.5. The summed E-state index contributed by atoms with van der Waals surface area (Å²) >= 11 is 1.48. The Labute approximate surface area is 143 Å². The predicted octanol–water partition coefficient (Wildman–Crippen LogP) is -1.32. The molecule has 2 saturated heterocycles. The van der Waals surface area contributed by atoms with Gasteiger partial charge in [-0.3, -0.25) is 19.2 Å². The Hall–Kier alpha value is -1.81. The van der Waals surface area contributed by atoms with E-state index in [1.807, 2.05) is 0 Å². The second kappa shape index (κ2) is 8.34. The van der Waals surface area contributed by atoms with Gasteiger partial charge >= 0.3 is 5.97 Å². The maximum Gasteiger partial charge on any atom is 0.323 e. The summed E-state index contributed by atoms with van der Waals surface area (Å²) < 4.78 is 5.55. The van der Waals surface area contributed by atoms with Crippen molar-refractivity contribution in [3.05, 3.63) is 0 Å². The lowest BCUT2D eigenvalue weighted by Crippen LogP contribution is -2.53. The first-order chi connectivity index (χ1) is 11.4. The van der Waals surface area contributed by atoms with E-state index in [0.717, 1.165) is 0 Å². The average molecular weight is 359 g/mol. The first-order valence-corrected chi connectivity index (χ1v) is 8.74. The third-order valence-corrected chi connectivity index (χ3v) is 4.78. The van der Waals surface area contributed by atoms with E-state index in [-0.39, 0.29) is 37.4 Å². The maximum absolute atomic E-state index is 12.3. The van der Waals surface area contributed by atoms with Crippen LogP contribution in [-0.4, -0.2) is 101 Å². The molecule has 10 heteroatoms. The minimum absolute atomic E-state index is 0.0395. The summed E-state index contributed by atoms with van der Waals surface area (Å²) in [6.45, 7) is 2.07. The minimum Gasteiger partial charge on any atom is -0.480 e. The van der Waals surface area contributed by atoms with Gasteiger partial charge in [-0.1, -0.05) is 0 Å². The number of hydrogen-bond donors (Lipinski definition) is 1. The third-order valence-electron chi connectivity index (χ3n) is 3.84. The number of aliphatic carboxylic acids is 1. The first-order valence-electron chi connectivity index (χ1n) is 7.59. The summed E-state index contributed by atoms with van der Waals surface area (Å²) in [6.07, 6.45) is -0.436. The molecule has 3 amide bonds. The molecule has 1 N–H and O–H groups in total. The van der Waals surface area contributed by atoms with Crippen molar-refractivity contribution in [1.82, 2.24) is 14.7 Å². The van der Waals surface area contributed by atoms with Crippen molar-refractivity contribution in [3.8, 4) is 0 Å². The average Bonchev–Trinajstić information content (AvgIpc) is 2.91. The van der Waals surface area contributed by atoms with E-state index in [1.165, 1.54) is 28.5 Å². The second-order valence-electron chi connectivity index (χ2n) is 5.70. The Kier molecular flexibility index (Phi) is 6.44. The van der Waals surface area contributed by atoms with E-state index >= 15 is 0 Å². The normalized spacial score (nSPS) is 21.0. The lowest BCUT2D eigenvalue weighted by Gasteiger charge is -2.35. The van der Waals surface area contributed by atoms with Gasteiger partial charge in [0.1, 0.15) is 13.1 Å². The number of amides is 3. The van der Waals surface area contributed by atoms with Crippen molar-refractivity contribution in [2.24, 2.45) is 0 Å². The smallest absolute Gasteiger partial charge is 0.323 e. The van der Waals surface area contributed by atoms with Crippen LogP contribution in [0.15, 0.2) is 0 Å². The van der Waals surface area contributed by atoms with E-state index < -0.39 is 18.6 Å². The Morgan fingerprint density at radius 3 is 2.75 bits per heavy atom. The van der Waals surface area contributed by atoms with Gasteiger partial charge in [-0.25, -0.2) is 0 Å². The highest BCUT2D eigenvalue weighted by Crippen LogP contribution is 2.15. The molecule has 0 spiro atoms. The summed E-state index contributed by atoms with van der Waals surface area (Å²) in [5.74, 6) is -0.728. The van der Waals surface area contributed by atoms with Crippen LogP contribution in [0.4, 0.5) is 0 Å². The monoisotopic (exact) mass is 359 g/mol. The maximum atomic E-state index is 12.3. The van der Waals surface area contributed by atoms with Gasteiger partial charge in [0.15, 0.2) is 0 Å². The van der Waals surface area contributed by atoms with Crippen molar-refractivity contribution in [1.29, 1.82) is 0 Å². The van der Waals surface area contributed by atoms with Crippen LogP contribution in [0.2, 0.25) is 0 Å². The van der Waals surface area contributed by atoms with Crippen LogP contribution in [0.1, 0.15) is 6.92 Å². The third kappa shape index (κ3) is 5.10. The highest BCUT2D eigenvalue weighted by Gasteiger charge is 2.30. The van der Waals surface area contributed by atoms with Gasteiger partial charge in [0, 0.05) is 26.6 Å². The zero-order chi connectivity index (χ0) is 17.7. The first kappa shape index (κ1) is 18.5. The van der Waals surface area contributed by atoms with E-state index in [4.69, 9.17) is 9.84 Å². The van der Waals surface area contributed by atoms with Gasteiger partial charge in [-0.15, -0.1) is 11.8 Å². The van der Waals surface area contributed by atoms with Crippen molar-refractivity contribution in [2.75, 3.05) is 51.0 Å². The molecule has 2 fully saturated rings. The Bertz CT molecular complexity index is 529. The molecular formula is C14H21N3O6S. The molecule has 134 valence electrons. The van der Waals surface area contributed by atoms with Crippen molar-refractivity contribution >= 4 is 35.5 Å². The number of carbonyl (C=O) groups is 4. The molecular weight excluding hydrogens is 338 g/mol. The van der Waals surface area contributed by atoms with Crippen LogP contribution in [-0.2, 0) is 23.9 Å². The standard InChI is InChI=1S/C14H21N3O6S/c1-10(18)16(7-14(21)22)5-11-4-15(2-3-23-11)12(19)6-17-9-24-8-13(17)20/h11H,2-9H2,1H3,(H,21,22). The molecule has 2 rings (SSSR count). The van der Waals surface area contributed by atoms with Crippen LogP contribution in [0.25, 0.3) is 0 Å². The minimum atomic E-state index is -1.10. The molecule has 1 unspecified atom stereocenters. The van der Waals surface area contributed by atoms with Gasteiger partial charge in [0.2, 0.25) is 17.7 Å². The number of carboxylic acids is 1. The lowest BCUT2D eigenvalue weighted by molar-refractivity contribution is -0.149. The predicted molar refractivity (Wildman–Crippen MR) is 85.2 cm³/mol. The van der Waals surface area contributed by atoms with Gasteiger partial charge < -0.3 is 24.5 Å². The number of carbonyl (C=O) groups excluding carboxylic acids is 3. The molecule has 0 aromatic heterocycles. The fourth-order valence-corrected chi connectivity index (χ4v) is 3.48. The van der Waals surface area contributed by atoms with Gasteiger partial charge in [0.25, 0.3) is 0 Å². The Morgan fingerprint density at radius 1 is 1.42 bits per heavy atom. The summed E-state index contributed by atoms with van der Waals surface area (Å²) in [7, 11) is 0. The highest BCUT2D eigenvalue weighted by molar-refractivity contribution is 8.00. The lowest BCUT2D eigenvalue weighted by atomic mass is 10.2. The molecule has 2 aliphatic rings. The topological polar surface area (TPSA) is 107 Å². The number of rotatable bonds is 6. The van der Waals surface area contributed by atoms with Gasteiger partial charge in [-0.2, -0.15) is 0 Å². The van der Waals surface area contributed by atoms with Crippen LogP contribution in [0.5, 0.6) is 0 Å². The summed E-state index contributed by atoms with van der Waals surface area (Å²) in [5.41, 5.74) is 0. The SMILES string of the molecule is CC(=O)N(CC(=O)O)CC1CN(C(=O)CN2CSCC2=O)CCO1. The molecule has 0 aromatic carbocycles. The van der Waals surface area contributed by atoms with Crippen molar-refractivity contribution < 1.29 is 29.0 Å². The Balaban J connectivity index is 1.88. The molecule has 0 bridgehead atoms. The van der Waals surface area contributed by atoms with Gasteiger partial charge in [0.05, 0.1) is 24.3 Å². The number of thioether (sulfide) groups is 1. The number of morpholine rings is 1. The number of nitrogens with zero attached hydrogens (tertiary/aromatic N) is 3. The molecule has 0 radical (unpaired) electrons. The van der Waals surface area contributed by atoms with Crippen LogP contribution >= 0.6 is 11.8 Å². The molecule has 0 aromatic rings. The van der Waals surface area contributed by atoms with Crippen molar-refractivity contribution in [3.63, 3.8) is 0 Å². The van der Waals surface area contributed by atoms with Crippen LogP contribution in [0, 0.1) is 0 Å². The van der Waals surface area contributed by atoms with Gasteiger partial charge in [-0.05, 0) is 0 Å². The molecule has 2 heterocycles.